The van der Waals surface area contributed by atoms with Gasteiger partial charge in [-0.05, 0) is 0 Å². The van der Waals surface area contributed by atoms with Gasteiger partial charge in [0.2, 0.25) is 12.4 Å². The zero-order valence-corrected chi connectivity index (χ0v) is 19.5. The molecule has 2 heterocycles. The third kappa shape index (κ3) is 7.54. The van der Waals surface area contributed by atoms with E-state index in [4.69, 9.17) is 33.2 Å². The molecule has 0 bridgehead atoms. The van der Waals surface area contributed by atoms with Gasteiger partial charge in [0.25, 0.3) is 0 Å². The summed E-state index contributed by atoms with van der Waals surface area (Å²) in [5.41, 5.74) is 0. The molecule has 0 amide bonds. The minimum Gasteiger partial charge on any atom is -0.456 e. The Kier molecular flexibility index (Phi) is 10.3. The summed E-state index contributed by atoms with van der Waals surface area (Å²) < 4.78 is 37.1. The fourth-order valence-electron chi connectivity index (χ4n) is 3.64. The van der Waals surface area contributed by atoms with Gasteiger partial charge in [-0.25, -0.2) is 0 Å². The second kappa shape index (κ2) is 12.5. The minimum atomic E-state index is -1.74. The molecule has 0 spiro atoms. The number of aliphatic hydroxyl groups is 4. The van der Waals surface area contributed by atoms with Crippen molar-refractivity contribution in [3.63, 3.8) is 0 Å². The first-order valence-corrected chi connectivity index (χ1v) is 10.6. The summed E-state index contributed by atoms with van der Waals surface area (Å²) >= 11 is 0. The molecule has 2 rings (SSSR count). The second-order valence-electron chi connectivity index (χ2n) is 7.91. The van der Waals surface area contributed by atoms with E-state index in [1.807, 2.05) is 0 Å². The van der Waals surface area contributed by atoms with Crippen LogP contribution in [-0.4, -0.2) is 119 Å². The Hall–Kier alpha value is -2.40. The van der Waals surface area contributed by atoms with Crippen LogP contribution in [0.25, 0.3) is 0 Å². The first-order chi connectivity index (χ1) is 16.3. The molecule has 2 aliphatic rings. The average molecular weight is 510 g/mol. The van der Waals surface area contributed by atoms with Crippen LogP contribution in [0, 0.1) is 0 Å². The van der Waals surface area contributed by atoms with Crippen molar-refractivity contribution in [3.05, 3.63) is 0 Å². The molecule has 0 aromatic carbocycles. The van der Waals surface area contributed by atoms with Crippen molar-refractivity contribution >= 4 is 23.9 Å². The molecule has 2 saturated heterocycles. The number of esters is 4. The molecular formula is C20H30O15. The summed E-state index contributed by atoms with van der Waals surface area (Å²) in [5, 5.41) is 39.4. The van der Waals surface area contributed by atoms with Crippen LogP contribution in [0.2, 0.25) is 0 Å². The second-order valence-corrected chi connectivity index (χ2v) is 7.91. The lowest BCUT2D eigenvalue weighted by Gasteiger charge is -2.44. The van der Waals surface area contributed by atoms with Gasteiger partial charge in [-0.15, -0.1) is 0 Å². The van der Waals surface area contributed by atoms with Gasteiger partial charge < -0.3 is 53.6 Å². The Bertz CT molecular complexity index is 770. The van der Waals surface area contributed by atoms with Gasteiger partial charge in [-0.2, -0.15) is 0 Å². The van der Waals surface area contributed by atoms with Crippen LogP contribution >= 0.6 is 0 Å². The fourth-order valence-corrected chi connectivity index (χ4v) is 3.64. The van der Waals surface area contributed by atoms with Gasteiger partial charge in [0.15, 0.2) is 18.5 Å². The summed E-state index contributed by atoms with van der Waals surface area (Å²) in [6.45, 7) is 2.93. The van der Waals surface area contributed by atoms with E-state index in [0.717, 1.165) is 27.7 Å². The number of hydrogen-bond donors (Lipinski definition) is 4. The maximum Gasteiger partial charge on any atom is 0.305 e. The highest BCUT2D eigenvalue weighted by Gasteiger charge is 2.54. The highest BCUT2D eigenvalue weighted by molar-refractivity contribution is 5.69. The molecule has 1 unspecified atom stereocenters. The highest BCUT2D eigenvalue weighted by atomic mass is 16.8. The molecule has 2 fully saturated rings. The molecule has 200 valence electrons. The van der Waals surface area contributed by atoms with Crippen LogP contribution in [0.3, 0.4) is 0 Å². The normalized spacial score (nSPS) is 37.1. The molecular weight excluding hydrogens is 480 g/mol. The third-order valence-electron chi connectivity index (χ3n) is 5.05. The van der Waals surface area contributed by atoms with Gasteiger partial charge in [-0.1, -0.05) is 0 Å². The number of ether oxygens (including phenoxy) is 7. The molecule has 0 aromatic rings. The van der Waals surface area contributed by atoms with Crippen molar-refractivity contribution < 1.29 is 72.8 Å². The maximum absolute atomic E-state index is 11.8. The molecule has 0 saturated carbocycles. The lowest BCUT2D eigenvalue weighted by molar-refractivity contribution is -0.328. The number of rotatable bonds is 8. The SMILES string of the molecule is CC(=O)OC1O[C@H](CO[C@@H]2O[C@H](CO)[C@H](O)[C@H](O)[C@H]2O)[C@@H](OC(C)=O)[C@H](OC(C)=O)[C@H]1OC(C)=O. The Morgan fingerprint density at radius 1 is 0.629 bits per heavy atom. The summed E-state index contributed by atoms with van der Waals surface area (Å²) in [4.78, 5) is 46.9. The van der Waals surface area contributed by atoms with E-state index < -0.39 is 98.5 Å². The fraction of sp³-hybridized carbons (Fsp3) is 0.800. The number of carbonyl (C=O) groups excluding carboxylic acids is 4. The predicted octanol–water partition coefficient (Wildman–Crippen LogP) is -3.11. The Labute approximate surface area is 199 Å². The molecule has 35 heavy (non-hydrogen) atoms. The largest absolute Gasteiger partial charge is 0.456 e. The van der Waals surface area contributed by atoms with E-state index in [1.54, 1.807) is 0 Å². The van der Waals surface area contributed by atoms with Crippen LogP contribution in [0.4, 0.5) is 0 Å². The number of aliphatic hydroxyl groups excluding tert-OH is 4. The molecule has 4 N–H and O–H groups in total. The zero-order valence-electron chi connectivity index (χ0n) is 19.5. The maximum atomic E-state index is 11.8. The van der Waals surface area contributed by atoms with Gasteiger partial charge in [-0.3, -0.25) is 19.2 Å². The molecule has 2 aliphatic heterocycles. The van der Waals surface area contributed by atoms with E-state index in [1.165, 1.54) is 0 Å². The van der Waals surface area contributed by atoms with Gasteiger partial charge in [0, 0.05) is 27.7 Å². The van der Waals surface area contributed by atoms with Gasteiger partial charge >= 0.3 is 23.9 Å². The molecule has 0 aliphatic carbocycles. The average Bonchev–Trinajstić information content (AvgIpc) is 2.74. The molecule has 0 aromatic heterocycles. The van der Waals surface area contributed by atoms with E-state index in [9.17, 15) is 39.6 Å². The molecule has 10 atom stereocenters. The van der Waals surface area contributed by atoms with E-state index >= 15 is 0 Å². The van der Waals surface area contributed by atoms with Crippen LogP contribution in [0.15, 0.2) is 0 Å². The van der Waals surface area contributed by atoms with E-state index in [2.05, 4.69) is 0 Å². The van der Waals surface area contributed by atoms with Crippen LogP contribution in [0.1, 0.15) is 27.7 Å². The quantitative estimate of drug-likeness (QED) is 0.188. The standard InChI is InChI=1S/C20H30O15/c1-7(22)30-16-12(6-29-19-15(28)14(27)13(26)11(5-21)34-19)35-20(33-10(4)25)18(32-9(3)24)17(16)31-8(2)23/h11-21,26-28H,5-6H2,1-4H3/t11-,12-,13+,14+,15-,16-,17+,18-,19-,20?/m1/s1. The predicted molar refractivity (Wildman–Crippen MR) is 107 cm³/mol. The van der Waals surface area contributed by atoms with Crippen molar-refractivity contribution in [2.24, 2.45) is 0 Å². The van der Waals surface area contributed by atoms with E-state index in [0.29, 0.717) is 0 Å². The summed E-state index contributed by atoms with van der Waals surface area (Å²) in [7, 11) is 0. The van der Waals surface area contributed by atoms with Crippen molar-refractivity contribution in [1.29, 1.82) is 0 Å². The first kappa shape index (κ1) is 28.8. The summed E-state index contributed by atoms with van der Waals surface area (Å²) in [5.74, 6) is -3.36. The number of hydrogen-bond acceptors (Lipinski definition) is 15. The summed E-state index contributed by atoms with van der Waals surface area (Å²) in [6, 6.07) is 0. The smallest absolute Gasteiger partial charge is 0.305 e. The zero-order chi connectivity index (χ0) is 26.4. The number of carbonyl (C=O) groups is 4. The lowest BCUT2D eigenvalue weighted by Crippen LogP contribution is -2.64. The Morgan fingerprint density at radius 2 is 1.11 bits per heavy atom. The first-order valence-electron chi connectivity index (χ1n) is 10.6. The van der Waals surface area contributed by atoms with Crippen molar-refractivity contribution in [2.45, 2.75) is 89.1 Å². The topological polar surface area (TPSA) is 214 Å². The highest BCUT2D eigenvalue weighted by Crippen LogP contribution is 2.31. The lowest BCUT2D eigenvalue weighted by atomic mass is 9.97. The Balaban J connectivity index is 2.33. The van der Waals surface area contributed by atoms with Gasteiger partial charge in [0.05, 0.1) is 13.2 Å². The molecule has 0 radical (unpaired) electrons. The summed E-state index contributed by atoms with van der Waals surface area (Å²) in [6.07, 6.45) is -15.3. The van der Waals surface area contributed by atoms with Crippen LogP contribution < -0.4 is 0 Å². The monoisotopic (exact) mass is 510 g/mol. The van der Waals surface area contributed by atoms with Crippen LogP contribution in [-0.2, 0) is 52.3 Å². The minimum absolute atomic E-state index is 0.567. The van der Waals surface area contributed by atoms with Crippen molar-refractivity contribution in [1.82, 2.24) is 0 Å². The van der Waals surface area contributed by atoms with E-state index in [-0.39, 0.29) is 0 Å². The van der Waals surface area contributed by atoms with Gasteiger partial charge in [0.1, 0.15) is 30.5 Å². The van der Waals surface area contributed by atoms with Crippen LogP contribution in [0.5, 0.6) is 0 Å². The third-order valence-corrected chi connectivity index (χ3v) is 5.05. The molecule has 15 nitrogen and oxygen atoms in total. The van der Waals surface area contributed by atoms with Crippen molar-refractivity contribution in [3.8, 4) is 0 Å². The molecule has 15 heteroatoms. The van der Waals surface area contributed by atoms with Crippen molar-refractivity contribution in [2.75, 3.05) is 13.2 Å². The Morgan fingerprint density at radius 3 is 1.63 bits per heavy atom.